The summed E-state index contributed by atoms with van der Waals surface area (Å²) in [7, 11) is 0. The molecule has 0 amide bonds. The van der Waals surface area contributed by atoms with E-state index < -0.39 is 11.2 Å². The fourth-order valence-electron chi connectivity index (χ4n) is 3.37. The van der Waals surface area contributed by atoms with E-state index in [1.807, 2.05) is 104 Å². The summed E-state index contributed by atoms with van der Waals surface area (Å²) in [6.07, 6.45) is 0. The van der Waals surface area contributed by atoms with Gasteiger partial charge in [-0.2, -0.15) is 0 Å². The van der Waals surface area contributed by atoms with E-state index in [-0.39, 0.29) is 21.7 Å². The molecule has 4 nitrogen and oxygen atoms in total. The molecule has 0 unspecified atom stereocenters. The van der Waals surface area contributed by atoms with Crippen molar-refractivity contribution in [2.75, 3.05) is 0 Å². The van der Waals surface area contributed by atoms with Crippen LogP contribution in [0.2, 0.25) is 0 Å². The zero-order chi connectivity index (χ0) is 26.5. The van der Waals surface area contributed by atoms with Crippen molar-refractivity contribution < 1.29 is 19.1 Å². The molecule has 0 fully saturated rings. The Kier molecular flexibility index (Phi) is 9.82. The predicted molar refractivity (Wildman–Crippen MR) is 140 cm³/mol. The highest BCUT2D eigenvalue weighted by atomic mass is 35.5. The second-order valence-electron chi connectivity index (χ2n) is 10.3. The third-order valence-corrected chi connectivity index (χ3v) is 5.77. The molecule has 188 valence electrons. The van der Waals surface area contributed by atoms with Crippen LogP contribution in [-0.4, -0.2) is 11.9 Å². The maximum absolute atomic E-state index is 11.1. The second kappa shape index (κ2) is 11.1. The smallest absolute Gasteiger partial charge is 0.303 e. The van der Waals surface area contributed by atoms with Crippen LogP contribution in [0.25, 0.3) is 0 Å². The fourth-order valence-corrected chi connectivity index (χ4v) is 3.62. The summed E-state index contributed by atoms with van der Waals surface area (Å²) >= 11 is 12.4. The molecular formula is C28H38Cl2O4. The lowest BCUT2D eigenvalue weighted by Gasteiger charge is -2.28. The Balaban J connectivity index is 0.000000362. The average molecular weight is 510 g/mol. The molecule has 0 aromatic heterocycles. The average Bonchev–Trinajstić information content (AvgIpc) is 2.65. The summed E-state index contributed by atoms with van der Waals surface area (Å²) in [4.78, 5) is 21.6. The van der Waals surface area contributed by atoms with E-state index in [1.54, 1.807) is 0 Å². The van der Waals surface area contributed by atoms with Gasteiger partial charge in [0.05, 0.1) is 9.75 Å². The first-order chi connectivity index (χ1) is 15.3. The Labute approximate surface area is 214 Å². The number of hydrogen-bond donors (Lipinski definition) is 0. The number of rotatable bonds is 6. The van der Waals surface area contributed by atoms with Crippen LogP contribution in [0.4, 0.5) is 0 Å². The van der Waals surface area contributed by atoms with Crippen LogP contribution in [0.5, 0.6) is 0 Å². The van der Waals surface area contributed by atoms with Crippen LogP contribution in [0, 0.1) is 0 Å². The first-order valence-electron chi connectivity index (χ1n) is 11.2. The molecule has 0 heterocycles. The molecule has 0 bridgehead atoms. The van der Waals surface area contributed by atoms with Crippen molar-refractivity contribution in [2.45, 2.75) is 90.2 Å². The van der Waals surface area contributed by atoms with Gasteiger partial charge in [0.1, 0.15) is 11.2 Å². The van der Waals surface area contributed by atoms with Crippen molar-refractivity contribution in [1.29, 1.82) is 0 Å². The third-order valence-electron chi connectivity index (χ3n) is 5.33. The first-order valence-corrected chi connectivity index (χ1v) is 12.0. The molecule has 0 saturated heterocycles. The topological polar surface area (TPSA) is 52.6 Å². The summed E-state index contributed by atoms with van der Waals surface area (Å²) in [5.41, 5.74) is 2.63. The maximum atomic E-state index is 11.1. The van der Waals surface area contributed by atoms with E-state index in [9.17, 15) is 9.59 Å². The van der Waals surface area contributed by atoms with Crippen LogP contribution in [0.3, 0.4) is 0 Å². The second-order valence-corrected chi connectivity index (χ2v) is 12.2. The van der Waals surface area contributed by atoms with Gasteiger partial charge in [-0.15, -0.1) is 23.2 Å². The van der Waals surface area contributed by atoms with Crippen LogP contribution in [0.1, 0.15) is 91.5 Å². The molecule has 0 atom stereocenters. The number of carbonyl (C=O) groups is 2. The Hall–Kier alpha value is -2.04. The molecule has 0 spiro atoms. The summed E-state index contributed by atoms with van der Waals surface area (Å²) < 4.78 is 10.6. The lowest BCUT2D eigenvalue weighted by atomic mass is 9.92. The molecule has 2 rings (SSSR count). The van der Waals surface area contributed by atoms with Gasteiger partial charge in [0.25, 0.3) is 0 Å². The van der Waals surface area contributed by atoms with Crippen molar-refractivity contribution in [3.63, 3.8) is 0 Å². The van der Waals surface area contributed by atoms with Gasteiger partial charge in [-0.05, 0) is 77.6 Å². The van der Waals surface area contributed by atoms with E-state index in [1.165, 1.54) is 13.8 Å². The quantitative estimate of drug-likeness (QED) is 0.293. The molecule has 6 heteroatoms. The monoisotopic (exact) mass is 508 g/mol. The molecular weight excluding hydrogens is 471 g/mol. The standard InChI is InChI=1S/C16H22O4.C12H16Cl2/c1-11(17)19-15(3,4)13-7-9-14(10-8-13)16(5,6)20-12(2)18;1-11(2,13)9-5-7-10(8-6-9)12(3,4)14/h7-10H,1-6H3;5-8H,1-4H3. The number of hydrogen-bond acceptors (Lipinski definition) is 4. The van der Waals surface area contributed by atoms with Crippen LogP contribution in [-0.2, 0) is 40.0 Å². The molecule has 0 aliphatic carbocycles. The van der Waals surface area contributed by atoms with Crippen molar-refractivity contribution in [2.24, 2.45) is 0 Å². The molecule has 0 N–H and O–H groups in total. The highest BCUT2D eigenvalue weighted by molar-refractivity contribution is 6.24. The molecule has 0 aliphatic heterocycles. The van der Waals surface area contributed by atoms with Gasteiger partial charge in [0.2, 0.25) is 0 Å². The molecule has 0 aliphatic rings. The van der Waals surface area contributed by atoms with Gasteiger partial charge in [-0.1, -0.05) is 48.5 Å². The van der Waals surface area contributed by atoms with Crippen LogP contribution >= 0.6 is 23.2 Å². The van der Waals surface area contributed by atoms with Crippen LogP contribution < -0.4 is 0 Å². The maximum Gasteiger partial charge on any atom is 0.303 e. The number of esters is 2. The van der Waals surface area contributed by atoms with E-state index in [0.29, 0.717) is 0 Å². The largest absolute Gasteiger partial charge is 0.455 e. The van der Waals surface area contributed by atoms with Gasteiger partial charge >= 0.3 is 11.9 Å². The van der Waals surface area contributed by atoms with Gasteiger partial charge in [-0.25, -0.2) is 0 Å². The molecule has 34 heavy (non-hydrogen) atoms. The Morgan fingerprint density at radius 3 is 0.912 bits per heavy atom. The lowest BCUT2D eigenvalue weighted by Crippen LogP contribution is -2.26. The zero-order valence-corrected chi connectivity index (χ0v) is 23.5. The van der Waals surface area contributed by atoms with Gasteiger partial charge in [0.15, 0.2) is 0 Å². The third kappa shape index (κ3) is 9.31. The van der Waals surface area contributed by atoms with Crippen molar-refractivity contribution in [3.8, 4) is 0 Å². The Morgan fingerprint density at radius 2 is 0.735 bits per heavy atom. The lowest BCUT2D eigenvalue weighted by molar-refractivity contribution is -0.156. The van der Waals surface area contributed by atoms with E-state index in [2.05, 4.69) is 0 Å². The summed E-state index contributed by atoms with van der Waals surface area (Å²) in [5.74, 6) is -0.640. The fraction of sp³-hybridized carbons (Fsp3) is 0.500. The molecule has 0 radical (unpaired) electrons. The summed E-state index contributed by atoms with van der Waals surface area (Å²) in [5, 5.41) is 0. The van der Waals surface area contributed by atoms with Crippen molar-refractivity contribution in [1.82, 2.24) is 0 Å². The summed E-state index contributed by atoms with van der Waals surface area (Å²) in [6.45, 7) is 18.0. The van der Waals surface area contributed by atoms with Crippen molar-refractivity contribution >= 4 is 35.1 Å². The van der Waals surface area contributed by atoms with E-state index >= 15 is 0 Å². The van der Waals surface area contributed by atoms with E-state index in [4.69, 9.17) is 32.7 Å². The number of benzene rings is 2. The highest BCUT2D eigenvalue weighted by Crippen LogP contribution is 2.32. The minimum Gasteiger partial charge on any atom is -0.455 e. The molecule has 0 saturated carbocycles. The van der Waals surface area contributed by atoms with Crippen LogP contribution in [0.15, 0.2) is 48.5 Å². The van der Waals surface area contributed by atoms with Crippen molar-refractivity contribution in [3.05, 3.63) is 70.8 Å². The summed E-state index contributed by atoms with van der Waals surface area (Å²) in [6, 6.07) is 15.7. The highest BCUT2D eigenvalue weighted by Gasteiger charge is 2.27. The minimum absolute atomic E-state index is 0.311. The normalized spacial score (nSPS) is 12.4. The Morgan fingerprint density at radius 1 is 0.529 bits per heavy atom. The molecule has 2 aromatic carbocycles. The minimum atomic E-state index is -0.685. The van der Waals surface area contributed by atoms with Gasteiger partial charge < -0.3 is 9.47 Å². The zero-order valence-electron chi connectivity index (χ0n) is 22.0. The number of halogens is 2. The number of ether oxygens (including phenoxy) is 2. The first kappa shape index (κ1) is 30.0. The SMILES string of the molecule is CC(=O)OC(C)(C)c1ccc(C(C)(C)OC(C)=O)cc1.CC(C)(Cl)c1ccc(C(C)(C)Cl)cc1. The molecule has 2 aromatic rings. The number of carbonyl (C=O) groups excluding carboxylic acids is 2. The predicted octanol–water partition coefficient (Wildman–Crippen LogP) is 7.92. The van der Waals surface area contributed by atoms with Gasteiger partial charge in [0, 0.05) is 13.8 Å². The van der Waals surface area contributed by atoms with Gasteiger partial charge in [-0.3, -0.25) is 9.59 Å². The number of alkyl halides is 2. The van der Waals surface area contributed by atoms with E-state index in [0.717, 1.165) is 22.3 Å². The Bertz CT molecular complexity index is 881.